The van der Waals surface area contributed by atoms with Crippen LogP contribution in [0.15, 0.2) is 60.7 Å². The number of ether oxygens (including phenoxy) is 1. The van der Waals surface area contributed by atoms with Gasteiger partial charge in [0.1, 0.15) is 5.75 Å². The second-order valence-electron chi connectivity index (χ2n) is 10.2. The molecule has 3 aromatic rings. The van der Waals surface area contributed by atoms with Crippen molar-refractivity contribution < 1.29 is 9.53 Å². The summed E-state index contributed by atoms with van der Waals surface area (Å²) in [7, 11) is 2.98. The Balaban J connectivity index is 1.67. The minimum absolute atomic E-state index is 0.196. The second-order valence-corrected chi connectivity index (χ2v) is 10.6. The van der Waals surface area contributed by atoms with Gasteiger partial charge in [-0.2, -0.15) is 0 Å². The molecule has 0 aromatic heterocycles. The molecule has 0 fully saturated rings. The lowest BCUT2D eigenvalue weighted by atomic mass is 9.78. The molecule has 3 aromatic carbocycles. The van der Waals surface area contributed by atoms with Crippen molar-refractivity contribution in [2.24, 2.45) is 5.41 Å². The number of carbonyl (C=O) groups is 1. The lowest BCUT2D eigenvalue weighted by molar-refractivity contribution is -0.134. The summed E-state index contributed by atoms with van der Waals surface area (Å²) < 4.78 is 5.60. The average Bonchev–Trinajstić information content (AvgIpc) is 2.90. The minimum atomic E-state index is -0.196. The smallest absolute Gasteiger partial charge is 0.311 e. The molecule has 192 valence electrons. The Hall–Kier alpha value is -2.44. The topological polar surface area (TPSA) is 26.3 Å². The van der Waals surface area contributed by atoms with Crippen molar-refractivity contribution in [1.82, 2.24) is 0 Å². The van der Waals surface area contributed by atoms with Gasteiger partial charge in [0.05, 0.1) is 0 Å². The highest BCUT2D eigenvalue weighted by molar-refractivity contribution is 7.16. The summed E-state index contributed by atoms with van der Waals surface area (Å²) in [6.45, 7) is 11.2. The predicted octanol–water partition coefficient (Wildman–Crippen LogP) is 8.69. The molecular formula is C33H43O2P. The molecule has 1 unspecified atom stereocenters. The molecule has 0 aliphatic rings. The van der Waals surface area contributed by atoms with Crippen molar-refractivity contribution in [3.8, 4) is 16.9 Å². The molecule has 36 heavy (non-hydrogen) atoms. The quantitative estimate of drug-likeness (QED) is 0.141. The highest BCUT2D eigenvalue weighted by atomic mass is 31.0. The Morgan fingerprint density at radius 1 is 0.861 bits per heavy atom. The van der Waals surface area contributed by atoms with Crippen molar-refractivity contribution in [2.45, 2.75) is 79.6 Å². The minimum Gasteiger partial charge on any atom is -0.427 e. The van der Waals surface area contributed by atoms with Crippen molar-refractivity contribution >= 4 is 15.2 Å². The number of hydrogen-bond donors (Lipinski definition) is 0. The molecule has 0 aliphatic carbocycles. The van der Waals surface area contributed by atoms with Crippen LogP contribution in [-0.4, -0.2) is 12.1 Å². The average molecular weight is 503 g/mol. The van der Waals surface area contributed by atoms with E-state index in [1.54, 1.807) is 0 Å². The summed E-state index contributed by atoms with van der Waals surface area (Å²) in [6.07, 6.45) is 8.10. The molecule has 0 saturated heterocycles. The zero-order valence-corrected chi connectivity index (χ0v) is 24.0. The fourth-order valence-electron chi connectivity index (χ4n) is 4.97. The maximum Gasteiger partial charge on any atom is 0.311 e. The summed E-state index contributed by atoms with van der Waals surface area (Å²) in [4.78, 5) is 12.4. The van der Waals surface area contributed by atoms with Crippen LogP contribution in [0.1, 0.15) is 74.3 Å². The molecule has 0 heterocycles. The molecule has 3 heteroatoms. The first-order valence-corrected chi connectivity index (χ1v) is 14.3. The third-order valence-electron chi connectivity index (χ3n) is 7.92. The van der Waals surface area contributed by atoms with Gasteiger partial charge in [0, 0.05) is 6.42 Å². The number of hydrogen-bond acceptors (Lipinski definition) is 2. The van der Waals surface area contributed by atoms with E-state index in [2.05, 4.69) is 92.4 Å². The van der Waals surface area contributed by atoms with Crippen LogP contribution in [0.5, 0.6) is 5.75 Å². The molecule has 0 bridgehead atoms. The lowest BCUT2D eigenvalue weighted by Crippen LogP contribution is -2.21. The number of aryl methyl sites for hydroxylation is 5. The van der Waals surface area contributed by atoms with Crippen LogP contribution < -0.4 is 4.74 Å². The van der Waals surface area contributed by atoms with Gasteiger partial charge in [-0.15, -0.1) is 9.24 Å². The van der Waals surface area contributed by atoms with Crippen LogP contribution in [0, 0.1) is 19.3 Å². The third-order valence-corrected chi connectivity index (χ3v) is 8.79. The number of carbonyl (C=O) groups excluding carboxylic acids is 1. The molecule has 0 N–H and O–H groups in total. The fraction of sp³-hybridized carbons (Fsp3) is 0.424. The first-order chi connectivity index (χ1) is 17.3. The van der Waals surface area contributed by atoms with Gasteiger partial charge in [0.15, 0.2) is 0 Å². The van der Waals surface area contributed by atoms with Gasteiger partial charge in [-0.25, -0.2) is 0 Å². The van der Waals surface area contributed by atoms with Crippen LogP contribution in [-0.2, 0) is 24.1 Å². The summed E-state index contributed by atoms with van der Waals surface area (Å²) in [6, 6.07) is 21.0. The first-order valence-electron chi connectivity index (χ1n) is 13.5. The molecule has 0 amide bonds. The number of rotatable bonds is 12. The van der Waals surface area contributed by atoms with E-state index in [1.807, 2.05) is 12.1 Å². The summed E-state index contributed by atoms with van der Waals surface area (Å²) in [5, 5.41) is 0. The molecule has 3 rings (SSSR count). The summed E-state index contributed by atoms with van der Waals surface area (Å²) in [5.74, 6) is 0.406. The van der Waals surface area contributed by atoms with E-state index in [0.29, 0.717) is 24.0 Å². The van der Waals surface area contributed by atoms with Gasteiger partial charge in [0.25, 0.3) is 0 Å². The van der Waals surface area contributed by atoms with Crippen LogP contribution in [0.3, 0.4) is 0 Å². The zero-order chi connectivity index (χ0) is 26.1. The third kappa shape index (κ3) is 7.30. The molecule has 0 radical (unpaired) electrons. The van der Waals surface area contributed by atoms with Gasteiger partial charge in [-0.3, -0.25) is 4.79 Å². The van der Waals surface area contributed by atoms with E-state index in [0.717, 1.165) is 24.0 Å². The molecular weight excluding hydrogens is 459 g/mol. The number of benzene rings is 3. The maximum atomic E-state index is 12.4. The molecule has 0 saturated carbocycles. The fourth-order valence-corrected chi connectivity index (χ4v) is 5.75. The van der Waals surface area contributed by atoms with Gasteiger partial charge in [-0.1, -0.05) is 87.7 Å². The first kappa shape index (κ1) is 28.1. The standard InChI is InChI=1S/C33H43O2P/c1-6-27-22-31(25(5)21-29(27)19-20-33(7-2,8-3)23-36)28-14-16-30(17-15-28)35-32(34)18-13-26-11-9-24(4)10-12-26/h9-12,14-17,21-22H,6-8,13,18-20,23,36H2,1-5H3. The van der Waals surface area contributed by atoms with Crippen molar-refractivity contribution in [1.29, 1.82) is 0 Å². The van der Waals surface area contributed by atoms with E-state index in [-0.39, 0.29) is 5.97 Å². The largest absolute Gasteiger partial charge is 0.427 e. The Morgan fingerprint density at radius 2 is 1.53 bits per heavy atom. The Labute approximate surface area is 221 Å². The molecule has 2 nitrogen and oxygen atoms in total. The molecule has 0 spiro atoms. The van der Waals surface area contributed by atoms with Crippen molar-refractivity contribution in [3.63, 3.8) is 0 Å². The highest BCUT2D eigenvalue weighted by Gasteiger charge is 2.24. The highest BCUT2D eigenvalue weighted by Crippen LogP contribution is 2.36. The van der Waals surface area contributed by atoms with Gasteiger partial charge in [-0.05, 0) is 96.6 Å². The van der Waals surface area contributed by atoms with E-state index in [1.165, 1.54) is 53.2 Å². The molecule has 0 aliphatic heterocycles. The van der Waals surface area contributed by atoms with Crippen molar-refractivity contribution in [2.75, 3.05) is 6.16 Å². The monoisotopic (exact) mass is 502 g/mol. The normalized spacial score (nSPS) is 11.5. The Bertz CT molecular complexity index is 1120. The summed E-state index contributed by atoms with van der Waals surface area (Å²) >= 11 is 0. The van der Waals surface area contributed by atoms with Gasteiger partial charge in [0.2, 0.25) is 0 Å². The van der Waals surface area contributed by atoms with Gasteiger partial charge < -0.3 is 4.74 Å². The number of esters is 1. The van der Waals surface area contributed by atoms with Crippen molar-refractivity contribution in [3.05, 3.63) is 88.5 Å². The van der Waals surface area contributed by atoms with Crippen LogP contribution in [0.25, 0.3) is 11.1 Å². The maximum absolute atomic E-state index is 12.4. The Morgan fingerprint density at radius 3 is 2.11 bits per heavy atom. The SMILES string of the molecule is CCc1cc(-c2ccc(OC(=O)CCc3ccc(C)cc3)cc2)c(C)cc1CCC(CC)(CC)CP. The Kier molecular flexibility index (Phi) is 10.3. The molecule has 1 atom stereocenters. The van der Waals surface area contributed by atoms with E-state index >= 15 is 0 Å². The van der Waals surface area contributed by atoms with Gasteiger partial charge >= 0.3 is 5.97 Å². The van der Waals surface area contributed by atoms with E-state index in [9.17, 15) is 4.79 Å². The van der Waals surface area contributed by atoms with Crippen LogP contribution >= 0.6 is 9.24 Å². The van der Waals surface area contributed by atoms with E-state index < -0.39 is 0 Å². The predicted molar refractivity (Wildman–Crippen MR) is 157 cm³/mol. The van der Waals surface area contributed by atoms with E-state index in [4.69, 9.17) is 4.74 Å². The van der Waals surface area contributed by atoms with Crippen LogP contribution in [0.2, 0.25) is 0 Å². The second kappa shape index (κ2) is 13.2. The van der Waals surface area contributed by atoms with Crippen LogP contribution in [0.4, 0.5) is 0 Å². The lowest BCUT2D eigenvalue weighted by Gasteiger charge is -2.31. The summed E-state index contributed by atoms with van der Waals surface area (Å²) in [5.41, 5.74) is 9.45. The zero-order valence-electron chi connectivity index (χ0n) is 22.8.